The molecule has 0 bridgehead atoms. The first-order chi connectivity index (χ1) is 12.4. The zero-order valence-corrected chi connectivity index (χ0v) is 14.3. The number of methoxy groups -OCH3 is 1. The Balaban J connectivity index is 1.59. The number of aromatic nitrogens is 4. The van der Waals surface area contributed by atoms with Crippen molar-refractivity contribution in [2.45, 2.75) is 25.4 Å². The Kier molecular flexibility index (Phi) is 4.47. The fraction of sp³-hybridized carbons (Fsp3) is 0.389. The van der Waals surface area contributed by atoms with E-state index >= 15 is 0 Å². The summed E-state index contributed by atoms with van der Waals surface area (Å²) < 4.78 is 7.46. The van der Waals surface area contributed by atoms with Crippen LogP contribution in [-0.4, -0.2) is 39.9 Å². The maximum atomic E-state index is 5.41. The molecule has 0 aliphatic carbocycles. The van der Waals surface area contributed by atoms with Crippen LogP contribution in [0, 0.1) is 0 Å². The summed E-state index contributed by atoms with van der Waals surface area (Å²) in [6.07, 6.45) is 5.61. The van der Waals surface area contributed by atoms with Gasteiger partial charge in [0.15, 0.2) is 5.65 Å². The zero-order valence-electron chi connectivity index (χ0n) is 14.3. The first-order valence-corrected chi connectivity index (χ1v) is 8.61. The van der Waals surface area contributed by atoms with Gasteiger partial charge in [0.2, 0.25) is 0 Å². The Bertz CT molecular complexity index is 856. The van der Waals surface area contributed by atoms with Crippen LogP contribution in [0.1, 0.15) is 24.4 Å². The van der Waals surface area contributed by atoms with E-state index in [0.29, 0.717) is 12.6 Å². The minimum Gasteiger partial charge on any atom is -0.496 e. The predicted molar refractivity (Wildman–Crippen MR) is 96.8 cm³/mol. The summed E-state index contributed by atoms with van der Waals surface area (Å²) in [6.45, 7) is 2.68. The van der Waals surface area contributed by atoms with Crippen LogP contribution in [0.15, 0.2) is 36.8 Å². The Morgan fingerprint density at radius 1 is 1.24 bits per heavy atom. The highest BCUT2D eigenvalue weighted by molar-refractivity contribution is 5.86. The van der Waals surface area contributed by atoms with Crippen molar-refractivity contribution in [3.05, 3.63) is 42.4 Å². The Morgan fingerprint density at radius 2 is 2.08 bits per heavy atom. The number of rotatable bonds is 5. The minimum absolute atomic E-state index is 0.399. The molecule has 0 radical (unpaired) electrons. The molecule has 3 aromatic rings. The van der Waals surface area contributed by atoms with Gasteiger partial charge < -0.3 is 15.4 Å². The van der Waals surface area contributed by atoms with Crippen molar-refractivity contribution in [3.63, 3.8) is 0 Å². The van der Waals surface area contributed by atoms with E-state index in [0.717, 1.165) is 54.1 Å². The van der Waals surface area contributed by atoms with Gasteiger partial charge in [0, 0.05) is 12.1 Å². The zero-order chi connectivity index (χ0) is 17.1. The molecular formula is C18H22N6O. The second-order valence-corrected chi connectivity index (χ2v) is 6.20. The largest absolute Gasteiger partial charge is 0.496 e. The van der Waals surface area contributed by atoms with Crippen molar-refractivity contribution in [2.24, 2.45) is 0 Å². The maximum absolute atomic E-state index is 5.41. The number of anilines is 1. The van der Waals surface area contributed by atoms with E-state index < -0.39 is 0 Å². The average Bonchev–Trinajstić information content (AvgIpc) is 3.12. The van der Waals surface area contributed by atoms with Gasteiger partial charge in [-0.25, -0.2) is 14.6 Å². The van der Waals surface area contributed by atoms with E-state index in [4.69, 9.17) is 4.74 Å². The first-order valence-electron chi connectivity index (χ1n) is 8.61. The van der Waals surface area contributed by atoms with Crippen molar-refractivity contribution in [1.29, 1.82) is 0 Å². The number of benzene rings is 1. The number of ether oxygens (including phenoxy) is 1. The fourth-order valence-electron chi connectivity index (χ4n) is 3.35. The third kappa shape index (κ3) is 3.15. The molecule has 130 valence electrons. The lowest BCUT2D eigenvalue weighted by molar-refractivity contribution is 0.349. The molecular weight excluding hydrogens is 316 g/mol. The molecule has 0 saturated carbocycles. The van der Waals surface area contributed by atoms with Crippen molar-refractivity contribution >= 4 is 16.9 Å². The van der Waals surface area contributed by atoms with E-state index in [1.54, 1.807) is 13.4 Å². The number of fused-ring (bicyclic) bond motifs is 1. The highest BCUT2D eigenvalue weighted by Gasteiger charge is 2.19. The second kappa shape index (κ2) is 7.06. The number of hydrogen-bond donors (Lipinski definition) is 2. The second-order valence-electron chi connectivity index (χ2n) is 6.20. The first kappa shape index (κ1) is 15.8. The summed E-state index contributed by atoms with van der Waals surface area (Å²) >= 11 is 0. The molecule has 7 nitrogen and oxygen atoms in total. The third-order valence-corrected chi connectivity index (χ3v) is 4.68. The number of hydrogen-bond acceptors (Lipinski definition) is 6. The molecule has 25 heavy (non-hydrogen) atoms. The summed E-state index contributed by atoms with van der Waals surface area (Å²) in [7, 11) is 1.69. The molecule has 3 heterocycles. The lowest BCUT2D eigenvalue weighted by atomic mass is 10.1. The SMILES string of the molecule is COc1ccccc1CNc1ncnc2c1cnn2C1CCNCC1. The molecule has 1 aliphatic rings. The lowest BCUT2D eigenvalue weighted by Crippen LogP contribution is -2.29. The van der Waals surface area contributed by atoms with E-state index in [-0.39, 0.29) is 0 Å². The van der Waals surface area contributed by atoms with Crippen LogP contribution < -0.4 is 15.4 Å². The molecule has 2 aromatic heterocycles. The van der Waals surface area contributed by atoms with Gasteiger partial charge >= 0.3 is 0 Å². The number of nitrogens with zero attached hydrogens (tertiary/aromatic N) is 4. The highest BCUT2D eigenvalue weighted by Crippen LogP contribution is 2.26. The van der Waals surface area contributed by atoms with Crippen LogP contribution in [0.3, 0.4) is 0 Å². The van der Waals surface area contributed by atoms with E-state index in [1.807, 2.05) is 35.1 Å². The predicted octanol–water partition coefficient (Wildman–Crippen LogP) is 2.37. The Hall–Kier alpha value is -2.67. The quantitative estimate of drug-likeness (QED) is 0.744. The van der Waals surface area contributed by atoms with E-state index in [1.165, 1.54) is 0 Å². The van der Waals surface area contributed by atoms with Crippen LogP contribution >= 0.6 is 0 Å². The molecule has 1 aliphatic heterocycles. The summed E-state index contributed by atoms with van der Waals surface area (Å²) in [6, 6.07) is 8.37. The van der Waals surface area contributed by atoms with Gasteiger partial charge in [0.25, 0.3) is 0 Å². The van der Waals surface area contributed by atoms with Crippen LogP contribution in [0.25, 0.3) is 11.0 Å². The van der Waals surface area contributed by atoms with Gasteiger partial charge in [-0.2, -0.15) is 5.10 Å². The lowest BCUT2D eigenvalue weighted by Gasteiger charge is -2.23. The van der Waals surface area contributed by atoms with Gasteiger partial charge in [-0.15, -0.1) is 0 Å². The number of nitrogens with one attached hydrogen (secondary N) is 2. The third-order valence-electron chi connectivity index (χ3n) is 4.68. The summed E-state index contributed by atoms with van der Waals surface area (Å²) in [5, 5.41) is 12.3. The molecule has 0 unspecified atom stereocenters. The van der Waals surface area contributed by atoms with Crippen LogP contribution in [0.5, 0.6) is 5.75 Å². The molecule has 0 spiro atoms. The summed E-state index contributed by atoms with van der Waals surface area (Å²) in [5.41, 5.74) is 1.98. The fourth-order valence-corrected chi connectivity index (χ4v) is 3.35. The van der Waals surface area contributed by atoms with Gasteiger partial charge in [0.05, 0.1) is 24.7 Å². The molecule has 0 amide bonds. The molecule has 2 N–H and O–H groups in total. The van der Waals surface area contributed by atoms with Gasteiger partial charge in [-0.3, -0.25) is 0 Å². The summed E-state index contributed by atoms with van der Waals surface area (Å²) in [4.78, 5) is 8.88. The maximum Gasteiger partial charge on any atom is 0.163 e. The van der Waals surface area contributed by atoms with Gasteiger partial charge in [0.1, 0.15) is 17.9 Å². The molecule has 1 aromatic carbocycles. The highest BCUT2D eigenvalue weighted by atomic mass is 16.5. The molecule has 1 fully saturated rings. The Morgan fingerprint density at radius 3 is 2.92 bits per heavy atom. The molecule has 1 saturated heterocycles. The molecule has 4 rings (SSSR count). The summed E-state index contributed by atoms with van der Waals surface area (Å²) in [5.74, 6) is 1.67. The monoisotopic (exact) mass is 338 g/mol. The van der Waals surface area contributed by atoms with Crippen molar-refractivity contribution in [2.75, 3.05) is 25.5 Å². The van der Waals surface area contributed by atoms with Crippen molar-refractivity contribution < 1.29 is 4.74 Å². The van der Waals surface area contributed by atoms with Crippen LogP contribution in [0.4, 0.5) is 5.82 Å². The average molecular weight is 338 g/mol. The van der Waals surface area contributed by atoms with Crippen LogP contribution in [-0.2, 0) is 6.54 Å². The topological polar surface area (TPSA) is 76.9 Å². The molecule has 7 heteroatoms. The van der Waals surface area contributed by atoms with Crippen LogP contribution in [0.2, 0.25) is 0 Å². The standard InChI is InChI=1S/C18H22N6O/c1-25-16-5-3-2-4-13(16)10-20-17-15-11-23-24(18(15)22-12-21-17)14-6-8-19-9-7-14/h2-5,11-12,14,19H,6-10H2,1H3,(H,20,21,22). The van der Waals surface area contributed by atoms with Gasteiger partial charge in [-0.1, -0.05) is 18.2 Å². The molecule has 0 atom stereocenters. The van der Waals surface area contributed by atoms with E-state index in [2.05, 4.69) is 25.7 Å². The smallest absolute Gasteiger partial charge is 0.163 e. The normalized spacial score (nSPS) is 15.4. The minimum atomic E-state index is 0.399. The van der Waals surface area contributed by atoms with Gasteiger partial charge in [-0.05, 0) is 32.0 Å². The Labute approximate surface area is 146 Å². The van der Waals surface area contributed by atoms with E-state index in [9.17, 15) is 0 Å². The van der Waals surface area contributed by atoms with Crippen molar-refractivity contribution in [1.82, 2.24) is 25.1 Å². The number of piperidine rings is 1. The number of para-hydroxylation sites is 1. The van der Waals surface area contributed by atoms with Crippen molar-refractivity contribution in [3.8, 4) is 5.75 Å².